The summed E-state index contributed by atoms with van der Waals surface area (Å²) in [6.07, 6.45) is 0. The SMILES string of the molecule is O=C(O)c1cc(-c2cccc(O)c2)n[nH]1. The van der Waals surface area contributed by atoms with Crippen LogP contribution in [0.1, 0.15) is 10.5 Å². The zero-order valence-corrected chi connectivity index (χ0v) is 7.64. The molecule has 2 aromatic rings. The van der Waals surface area contributed by atoms with Crippen LogP contribution in [0, 0.1) is 0 Å². The fraction of sp³-hybridized carbons (Fsp3) is 0. The molecule has 5 heteroatoms. The van der Waals surface area contributed by atoms with Gasteiger partial charge < -0.3 is 10.2 Å². The van der Waals surface area contributed by atoms with Crippen LogP contribution < -0.4 is 0 Å². The number of phenolic OH excluding ortho intramolecular Hbond substituents is 1. The Morgan fingerprint density at radius 3 is 2.73 bits per heavy atom. The van der Waals surface area contributed by atoms with E-state index < -0.39 is 5.97 Å². The topological polar surface area (TPSA) is 86.2 Å². The minimum atomic E-state index is -1.06. The Morgan fingerprint density at radius 1 is 1.33 bits per heavy atom. The number of nitrogens with one attached hydrogen (secondary N) is 1. The van der Waals surface area contributed by atoms with E-state index in [4.69, 9.17) is 5.11 Å². The number of carboxylic acids is 1. The average Bonchev–Trinajstić information content (AvgIpc) is 2.66. The van der Waals surface area contributed by atoms with Crippen LogP contribution >= 0.6 is 0 Å². The molecule has 5 nitrogen and oxygen atoms in total. The lowest BCUT2D eigenvalue weighted by Crippen LogP contribution is -1.95. The molecule has 0 atom stereocenters. The normalized spacial score (nSPS) is 10.1. The largest absolute Gasteiger partial charge is 0.508 e. The molecule has 1 aromatic heterocycles. The first-order chi connectivity index (χ1) is 7.16. The molecule has 3 N–H and O–H groups in total. The second kappa shape index (κ2) is 3.45. The van der Waals surface area contributed by atoms with E-state index in [1.807, 2.05) is 0 Å². The molecule has 0 aliphatic rings. The molecular weight excluding hydrogens is 196 g/mol. The van der Waals surface area contributed by atoms with Crippen molar-refractivity contribution in [3.8, 4) is 17.0 Å². The number of nitrogens with zero attached hydrogens (tertiary/aromatic N) is 1. The molecule has 2 rings (SSSR count). The Balaban J connectivity index is 2.41. The van der Waals surface area contributed by atoms with Crippen molar-refractivity contribution >= 4 is 5.97 Å². The molecule has 1 heterocycles. The highest BCUT2D eigenvalue weighted by molar-refractivity contribution is 5.86. The molecule has 0 unspecified atom stereocenters. The summed E-state index contributed by atoms with van der Waals surface area (Å²) in [4.78, 5) is 10.6. The number of carbonyl (C=O) groups is 1. The van der Waals surface area contributed by atoms with Gasteiger partial charge in [-0.3, -0.25) is 5.10 Å². The van der Waals surface area contributed by atoms with E-state index in [-0.39, 0.29) is 11.4 Å². The fourth-order valence-corrected chi connectivity index (χ4v) is 1.24. The quantitative estimate of drug-likeness (QED) is 0.691. The molecule has 0 radical (unpaired) electrons. The molecule has 0 bridgehead atoms. The van der Waals surface area contributed by atoms with Gasteiger partial charge in [0.2, 0.25) is 0 Å². The van der Waals surface area contributed by atoms with Gasteiger partial charge >= 0.3 is 5.97 Å². The zero-order valence-electron chi connectivity index (χ0n) is 7.64. The number of aromatic amines is 1. The fourth-order valence-electron chi connectivity index (χ4n) is 1.24. The smallest absolute Gasteiger partial charge is 0.353 e. The van der Waals surface area contributed by atoms with Gasteiger partial charge in [0.05, 0.1) is 5.69 Å². The number of aromatic carboxylic acids is 1. The van der Waals surface area contributed by atoms with Crippen LogP contribution in [-0.4, -0.2) is 26.4 Å². The third kappa shape index (κ3) is 1.80. The highest BCUT2D eigenvalue weighted by Crippen LogP contribution is 2.21. The lowest BCUT2D eigenvalue weighted by atomic mass is 10.1. The maximum atomic E-state index is 10.6. The summed E-state index contributed by atoms with van der Waals surface area (Å²) >= 11 is 0. The maximum Gasteiger partial charge on any atom is 0.353 e. The van der Waals surface area contributed by atoms with Crippen molar-refractivity contribution in [2.75, 3.05) is 0 Å². The van der Waals surface area contributed by atoms with Gasteiger partial charge in [0.15, 0.2) is 0 Å². The Labute approximate surface area is 85.0 Å². The molecule has 76 valence electrons. The Kier molecular flexibility index (Phi) is 2.13. The lowest BCUT2D eigenvalue weighted by Gasteiger charge is -1.95. The van der Waals surface area contributed by atoms with Crippen molar-refractivity contribution in [3.05, 3.63) is 36.0 Å². The van der Waals surface area contributed by atoms with Crippen LogP contribution in [0.5, 0.6) is 5.75 Å². The highest BCUT2D eigenvalue weighted by atomic mass is 16.4. The van der Waals surface area contributed by atoms with Gasteiger partial charge in [-0.15, -0.1) is 0 Å². The number of benzene rings is 1. The zero-order chi connectivity index (χ0) is 10.8. The lowest BCUT2D eigenvalue weighted by molar-refractivity contribution is 0.0690. The Hall–Kier alpha value is -2.30. The van der Waals surface area contributed by atoms with E-state index in [2.05, 4.69) is 10.2 Å². The van der Waals surface area contributed by atoms with Crippen LogP contribution in [0.4, 0.5) is 0 Å². The van der Waals surface area contributed by atoms with E-state index in [1.165, 1.54) is 18.2 Å². The van der Waals surface area contributed by atoms with Crippen LogP contribution in [0.3, 0.4) is 0 Å². The third-order valence-corrected chi connectivity index (χ3v) is 1.95. The highest BCUT2D eigenvalue weighted by Gasteiger charge is 2.08. The van der Waals surface area contributed by atoms with Crippen molar-refractivity contribution in [1.82, 2.24) is 10.2 Å². The van der Waals surface area contributed by atoms with Crippen molar-refractivity contribution in [1.29, 1.82) is 0 Å². The minimum absolute atomic E-state index is 0.0216. The molecule has 0 spiro atoms. The van der Waals surface area contributed by atoms with Crippen molar-refractivity contribution < 1.29 is 15.0 Å². The minimum Gasteiger partial charge on any atom is -0.508 e. The molecule has 0 aliphatic carbocycles. The molecule has 0 saturated heterocycles. The monoisotopic (exact) mass is 204 g/mol. The summed E-state index contributed by atoms with van der Waals surface area (Å²) in [7, 11) is 0. The third-order valence-electron chi connectivity index (χ3n) is 1.95. The number of H-pyrrole nitrogens is 1. The van der Waals surface area contributed by atoms with Crippen LogP contribution in [0.2, 0.25) is 0 Å². The van der Waals surface area contributed by atoms with Crippen LogP contribution in [0.25, 0.3) is 11.3 Å². The molecule has 0 saturated carbocycles. The van der Waals surface area contributed by atoms with Gasteiger partial charge in [0.1, 0.15) is 11.4 Å². The summed E-state index contributed by atoms with van der Waals surface area (Å²) < 4.78 is 0. The van der Waals surface area contributed by atoms with Crippen LogP contribution in [-0.2, 0) is 0 Å². The van der Waals surface area contributed by atoms with Gasteiger partial charge in [0, 0.05) is 5.56 Å². The summed E-state index contributed by atoms with van der Waals surface area (Å²) in [6.45, 7) is 0. The maximum absolute atomic E-state index is 10.6. The van der Waals surface area contributed by atoms with Crippen LogP contribution in [0.15, 0.2) is 30.3 Å². The average molecular weight is 204 g/mol. The molecule has 0 amide bonds. The summed E-state index contributed by atoms with van der Waals surface area (Å²) in [5.41, 5.74) is 1.18. The van der Waals surface area contributed by atoms with Gasteiger partial charge in [-0.2, -0.15) is 5.10 Å². The predicted molar refractivity (Wildman–Crippen MR) is 52.6 cm³/mol. The number of carboxylic acid groups (broad SMARTS) is 1. The predicted octanol–water partition coefficient (Wildman–Crippen LogP) is 1.48. The summed E-state index contributed by atoms with van der Waals surface area (Å²) in [6, 6.07) is 7.87. The first-order valence-electron chi connectivity index (χ1n) is 4.25. The van der Waals surface area contributed by atoms with Gasteiger partial charge in [-0.25, -0.2) is 4.79 Å². The van der Waals surface area contributed by atoms with E-state index in [1.54, 1.807) is 12.1 Å². The summed E-state index contributed by atoms with van der Waals surface area (Å²) in [5, 5.41) is 24.1. The number of hydrogen-bond acceptors (Lipinski definition) is 3. The van der Waals surface area contributed by atoms with Gasteiger partial charge in [0.25, 0.3) is 0 Å². The van der Waals surface area contributed by atoms with Gasteiger partial charge in [-0.1, -0.05) is 12.1 Å². The Bertz CT molecular complexity index is 505. The number of rotatable bonds is 2. The second-order valence-corrected chi connectivity index (χ2v) is 3.02. The first kappa shape index (κ1) is 9.26. The second-order valence-electron chi connectivity index (χ2n) is 3.02. The number of hydrogen-bond donors (Lipinski definition) is 3. The van der Waals surface area contributed by atoms with E-state index in [0.717, 1.165) is 0 Å². The van der Waals surface area contributed by atoms with Crippen molar-refractivity contribution in [2.24, 2.45) is 0 Å². The van der Waals surface area contributed by atoms with Gasteiger partial charge in [-0.05, 0) is 18.2 Å². The van der Waals surface area contributed by atoms with E-state index in [9.17, 15) is 9.90 Å². The molecule has 0 fully saturated rings. The van der Waals surface area contributed by atoms with Crippen molar-refractivity contribution in [3.63, 3.8) is 0 Å². The standard InChI is InChI=1S/C10H8N2O3/c13-7-3-1-2-6(4-7)8-5-9(10(14)15)12-11-8/h1-5,13H,(H,11,12)(H,14,15). The number of aromatic hydroxyl groups is 1. The summed E-state index contributed by atoms with van der Waals surface area (Å²) in [5.74, 6) is -0.943. The first-order valence-corrected chi connectivity index (χ1v) is 4.25. The van der Waals surface area contributed by atoms with E-state index >= 15 is 0 Å². The molecular formula is C10H8N2O3. The molecule has 0 aliphatic heterocycles. The molecule has 15 heavy (non-hydrogen) atoms. The molecule has 1 aromatic carbocycles. The van der Waals surface area contributed by atoms with E-state index in [0.29, 0.717) is 11.3 Å². The Morgan fingerprint density at radius 2 is 2.13 bits per heavy atom. The number of aromatic nitrogens is 2. The van der Waals surface area contributed by atoms with Crippen molar-refractivity contribution in [2.45, 2.75) is 0 Å². The number of phenols is 1.